The van der Waals surface area contributed by atoms with Crippen molar-refractivity contribution in [2.75, 3.05) is 0 Å². The topological polar surface area (TPSA) is 32.3 Å². The average Bonchev–Trinajstić information content (AvgIpc) is 3.03. The fourth-order valence-electron chi connectivity index (χ4n) is 3.21. The Bertz CT molecular complexity index is 357. The molecule has 0 radical (unpaired) electrons. The van der Waals surface area contributed by atoms with Gasteiger partial charge in [-0.2, -0.15) is 0 Å². The summed E-state index contributed by atoms with van der Waals surface area (Å²) in [5.41, 5.74) is 0.200. The normalized spacial score (nSPS) is 37.0. The first-order valence-corrected chi connectivity index (χ1v) is 6.96. The zero-order valence-corrected chi connectivity index (χ0v) is 11.4. The lowest BCUT2D eigenvalue weighted by atomic mass is 10.1. The molecule has 1 spiro atoms. The summed E-state index contributed by atoms with van der Waals surface area (Å²) in [4.78, 5) is 14.7. The number of carbonyl (C=O) groups is 1. The molecule has 3 rings (SSSR count). The zero-order valence-electron chi connectivity index (χ0n) is 11.4. The van der Waals surface area contributed by atoms with E-state index >= 15 is 0 Å². The highest BCUT2D eigenvalue weighted by atomic mass is 16.2. The van der Waals surface area contributed by atoms with Crippen LogP contribution in [0.25, 0.3) is 0 Å². The van der Waals surface area contributed by atoms with Crippen LogP contribution in [0.5, 0.6) is 0 Å². The Morgan fingerprint density at radius 3 is 2.41 bits per heavy atom. The third kappa shape index (κ3) is 1.70. The van der Waals surface area contributed by atoms with Gasteiger partial charge < -0.3 is 4.90 Å². The number of rotatable bonds is 3. The minimum atomic E-state index is -0.141. The van der Waals surface area contributed by atoms with E-state index in [1.165, 1.54) is 6.42 Å². The number of amides is 1. The summed E-state index contributed by atoms with van der Waals surface area (Å²) in [5, 5.41) is 3.61. The van der Waals surface area contributed by atoms with Crippen molar-refractivity contribution in [3.05, 3.63) is 0 Å². The Morgan fingerprint density at radius 2 is 2.00 bits per heavy atom. The van der Waals surface area contributed by atoms with Crippen molar-refractivity contribution in [3.8, 4) is 0 Å². The maximum Gasteiger partial charge on any atom is 0.244 e. The Balaban J connectivity index is 1.80. The molecular weight excluding hydrogens is 212 g/mol. The predicted molar refractivity (Wildman–Crippen MR) is 67.4 cm³/mol. The second kappa shape index (κ2) is 3.25. The molecule has 3 fully saturated rings. The van der Waals surface area contributed by atoms with Gasteiger partial charge in [0.25, 0.3) is 0 Å². The lowest BCUT2D eigenvalue weighted by Gasteiger charge is -2.27. The average molecular weight is 236 g/mol. The van der Waals surface area contributed by atoms with Crippen LogP contribution >= 0.6 is 0 Å². The summed E-state index contributed by atoms with van der Waals surface area (Å²) in [7, 11) is 0. The van der Waals surface area contributed by atoms with Crippen molar-refractivity contribution in [2.45, 2.75) is 71.1 Å². The lowest BCUT2D eigenvalue weighted by Crippen LogP contribution is -2.41. The van der Waals surface area contributed by atoms with Crippen molar-refractivity contribution >= 4 is 5.91 Å². The second-order valence-corrected chi connectivity index (χ2v) is 7.29. The van der Waals surface area contributed by atoms with Gasteiger partial charge in [0, 0.05) is 6.04 Å². The molecule has 1 N–H and O–H groups in total. The number of nitrogens with one attached hydrogen (secondary N) is 1. The highest BCUT2D eigenvalue weighted by Gasteiger charge is 2.64. The summed E-state index contributed by atoms with van der Waals surface area (Å²) in [5.74, 6) is 1.03. The maximum absolute atomic E-state index is 12.5. The minimum absolute atomic E-state index is 0.141. The van der Waals surface area contributed by atoms with Crippen LogP contribution in [0.15, 0.2) is 0 Å². The summed E-state index contributed by atoms with van der Waals surface area (Å²) in [6.07, 6.45) is 4.64. The first-order chi connectivity index (χ1) is 7.86. The van der Waals surface area contributed by atoms with Crippen LogP contribution in [-0.2, 0) is 4.79 Å². The van der Waals surface area contributed by atoms with Gasteiger partial charge in [-0.3, -0.25) is 10.1 Å². The molecule has 0 bridgehead atoms. The Kier molecular flexibility index (Phi) is 2.20. The maximum atomic E-state index is 12.5. The third-order valence-corrected chi connectivity index (χ3v) is 4.66. The third-order valence-electron chi connectivity index (χ3n) is 4.66. The van der Waals surface area contributed by atoms with Gasteiger partial charge in [-0.05, 0) is 37.0 Å². The van der Waals surface area contributed by atoms with Crippen LogP contribution in [-0.4, -0.2) is 28.6 Å². The predicted octanol–water partition coefficient (Wildman–Crippen LogP) is 2.12. The molecule has 0 aromatic rings. The quantitative estimate of drug-likeness (QED) is 0.814. The van der Waals surface area contributed by atoms with Crippen LogP contribution in [0.2, 0.25) is 0 Å². The SMILES string of the molecule is CC(C)CC1NC2(CC2)C(=O)N1C1CC1(C)C. The van der Waals surface area contributed by atoms with E-state index in [1.807, 2.05) is 0 Å². The number of hydrogen-bond acceptors (Lipinski definition) is 2. The molecule has 1 saturated heterocycles. The first kappa shape index (κ1) is 11.5. The fraction of sp³-hybridized carbons (Fsp3) is 0.929. The lowest BCUT2D eigenvalue weighted by molar-refractivity contribution is -0.131. The number of nitrogens with zero attached hydrogens (tertiary/aromatic N) is 1. The van der Waals surface area contributed by atoms with Gasteiger partial charge in [0.15, 0.2) is 0 Å². The monoisotopic (exact) mass is 236 g/mol. The van der Waals surface area contributed by atoms with Crippen molar-refractivity contribution in [1.82, 2.24) is 10.2 Å². The Hall–Kier alpha value is -0.570. The molecule has 96 valence electrons. The molecule has 2 aliphatic carbocycles. The molecule has 0 aromatic heterocycles. The molecule has 3 nitrogen and oxygen atoms in total. The van der Waals surface area contributed by atoms with Gasteiger partial charge in [0.05, 0.1) is 11.7 Å². The summed E-state index contributed by atoms with van der Waals surface area (Å²) < 4.78 is 0. The molecule has 3 aliphatic rings. The summed E-state index contributed by atoms with van der Waals surface area (Å²) in [6.45, 7) is 9.02. The molecule has 3 heteroatoms. The van der Waals surface area contributed by atoms with Gasteiger partial charge in [0.1, 0.15) is 0 Å². The molecule has 2 saturated carbocycles. The van der Waals surface area contributed by atoms with Crippen LogP contribution in [0, 0.1) is 11.3 Å². The molecule has 0 aromatic carbocycles. The summed E-state index contributed by atoms with van der Waals surface area (Å²) >= 11 is 0. The Morgan fingerprint density at radius 1 is 1.41 bits per heavy atom. The minimum Gasteiger partial charge on any atom is -0.322 e. The largest absolute Gasteiger partial charge is 0.322 e. The van der Waals surface area contributed by atoms with Gasteiger partial charge in [0.2, 0.25) is 5.91 Å². The molecule has 1 heterocycles. The first-order valence-electron chi connectivity index (χ1n) is 6.96. The van der Waals surface area contributed by atoms with Crippen LogP contribution in [0.1, 0.15) is 53.4 Å². The molecule has 1 aliphatic heterocycles. The molecule has 1 amide bonds. The van der Waals surface area contributed by atoms with E-state index in [0.29, 0.717) is 23.3 Å². The number of hydrogen-bond donors (Lipinski definition) is 1. The number of carbonyl (C=O) groups excluding carboxylic acids is 1. The van der Waals surface area contributed by atoms with E-state index < -0.39 is 0 Å². The highest BCUT2D eigenvalue weighted by Crippen LogP contribution is 2.54. The molecular formula is C14H24N2O. The van der Waals surface area contributed by atoms with E-state index in [2.05, 4.69) is 37.9 Å². The Labute approximate surface area is 104 Å². The van der Waals surface area contributed by atoms with Crippen LogP contribution in [0.3, 0.4) is 0 Å². The van der Waals surface area contributed by atoms with E-state index in [-0.39, 0.29) is 11.7 Å². The van der Waals surface area contributed by atoms with Crippen molar-refractivity contribution in [2.24, 2.45) is 11.3 Å². The zero-order chi connectivity index (χ0) is 12.4. The van der Waals surface area contributed by atoms with Crippen molar-refractivity contribution in [1.29, 1.82) is 0 Å². The highest BCUT2D eigenvalue weighted by molar-refractivity contribution is 5.92. The van der Waals surface area contributed by atoms with Gasteiger partial charge in [-0.1, -0.05) is 27.7 Å². The second-order valence-electron chi connectivity index (χ2n) is 7.29. The molecule has 17 heavy (non-hydrogen) atoms. The smallest absolute Gasteiger partial charge is 0.244 e. The van der Waals surface area contributed by atoms with Crippen LogP contribution in [0.4, 0.5) is 0 Å². The fourth-order valence-corrected chi connectivity index (χ4v) is 3.21. The summed E-state index contributed by atoms with van der Waals surface area (Å²) in [6, 6.07) is 0.478. The van der Waals surface area contributed by atoms with Crippen molar-refractivity contribution < 1.29 is 4.79 Å². The molecule has 2 atom stereocenters. The van der Waals surface area contributed by atoms with E-state index in [9.17, 15) is 4.79 Å². The van der Waals surface area contributed by atoms with E-state index in [0.717, 1.165) is 19.3 Å². The standard InChI is InChI=1S/C14H24N2O/c1-9(2)7-11-15-14(5-6-14)12(17)16(11)10-8-13(10,3)4/h9-11,15H,5-8H2,1-4H3. The van der Waals surface area contributed by atoms with Gasteiger partial charge in [-0.15, -0.1) is 0 Å². The van der Waals surface area contributed by atoms with E-state index in [1.54, 1.807) is 0 Å². The van der Waals surface area contributed by atoms with Gasteiger partial charge >= 0.3 is 0 Å². The van der Waals surface area contributed by atoms with E-state index in [4.69, 9.17) is 0 Å². The van der Waals surface area contributed by atoms with Crippen molar-refractivity contribution in [3.63, 3.8) is 0 Å². The van der Waals surface area contributed by atoms with Crippen LogP contribution < -0.4 is 5.32 Å². The van der Waals surface area contributed by atoms with Gasteiger partial charge in [-0.25, -0.2) is 0 Å². The molecule has 2 unspecified atom stereocenters.